The molecule has 4 aliphatic rings. The summed E-state index contributed by atoms with van der Waals surface area (Å²) < 4.78 is 0. The van der Waals surface area contributed by atoms with Crippen LogP contribution in [0.1, 0.15) is 22.3 Å². The van der Waals surface area contributed by atoms with Crippen LogP contribution in [0.4, 0.5) is 34.1 Å². The number of para-hydroxylation sites is 1. The molecule has 0 saturated heterocycles. The highest BCUT2D eigenvalue weighted by Gasteiger charge is 2.52. The number of rotatable bonds is 6. The summed E-state index contributed by atoms with van der Waals surface area (Å²) >= 11 is 0. The molecule has 0 saturated carbocycles. The van der Waals surface area contributed by atoms with Gasteiger partial charge < -0.3 is 9.80 Å². The number of anilines is 6. The van der Waals surface area contributed by atoms with Crippen LogP contribution in [0.15, 0.2) is 285 Å². The maximum atomic E-state index is 2.59. The summed E-state index contributed by atoms with van der Waals surface area (Å²) in [6.07, 6.45) is 0. The van der Waals surface area contributed by atoms with Crippen molar-refractivity contribution in [2.75, 3.05) is 9.80 Å². The van der Waals surface area contributed by atoms with Gasteiger partial charge >= 0.3 is 0 Å². The fraction of sp³-hybridized carbons (Fsp3) is 0.0137. The van der Waals surface area contributed by atoms with E-state index in [1.165, 1.54) is 123 Å². The zero-order valence-electron chi connectivity index (χ0n) is 41.6. The molecular weight excluding hydrogens is 916 g/mol. The van der Waals surface area contributed by atoms with E-state index in [0.29, 0.717) is 0 Å². The average Bonchev–Trinajstić information content (AvgIpc) is 4.18. The van der Waals surface area contributed by atoms with Gasteiger partial charge in [0.2, 0.25) is 0 Å². The molecule has 1 spiro atoms. The van der Waals surface area contributed by atoms with E-state index in [1.807, 2.05) is 0 Å². The minimum atomic E-state index is -0.426. The standard InChI is InChI=1S/C73H47BN2/c1-5-21-48(22-6-1)52-37-40-67-69(44-52)76(57-42-53(49-23-7-2-8-24-49)41-54(43-57)50-25-9-3-10-26-50)71-46-55(51-27-11-4-12-28-51)45-70-72(71)74(67)66-35-19-20-36-68(66)75(70)56-38-39-65-61(47-56)60-31-15-18-34-64(60)73(65)62-32-16-13-29-58(62)59-30-14-17-33-63(59)73/h1-47H. The minimum Gasteiger partial charge on any atom is -0.311 e. The Labute approximate surface area is 444 Å². The molecule has 2 aliphatic carbocycles. The van der Waals surface area contributed by atoms with Crippen LogP contribution in [-0.4, -0.2) is 6.71 Å². The van der Waals surface area contributed by atoms with E-state index in [4.69, 9.17) is 0 Å². The topological polar surface area (TPSA) is 6.48 Å². The fourth-order valence-corrected chi connectivity index (χ4v) is 13.7. The van der Waals surface area contributed by atoms with E-state index in [9.17, 15) is 0 Å². The molecule has 2 heterocycles. The monoisotopic (exact) mass is 962 g/mol. The van der Waals surface area contributed by atoms with Crippen LogP contribution in [0.25, 0.3) is 66.8 Å². The van der Waals surface area contributed by atoms with Crippen molar-refractivity contribution in [1.29, 1.82) is 0 Å². The molecule has 0 amide bonds. The van der Waals surface area contributed by atoms with Crippen LogP contribution in [0, 0.1) is 0 Å². The smallest absolute Gasteiger partial charge is 0.252 e. The highest BCUT2D eigenvalue weighted by atomic mass is 15.2. The van der Waals surface area contributed by atoms with Crippen LogP contribution >= 0.6 is 0 Å². The molecule has 12 aromatic rings. The average molecular weight is 963 g/mol. The summed E-state index contributed by atoms with van der Waals surface area (Å²) in [5, 5.41) is 0. The number of hydrogen-bond acceptors (Lipinski definition) is 2. The van der Waals surface area contributed by atoms with Gasteiger partial charge in [-0.05, 0) is 160 Å². The Balaban J connectivity index is 0.984. The van der Waals surface area contributed by atoms with E-state index in [0.717, 1.165) is 16.9 Å². The van der Waals surface area contributed by atoms with Gasteiger partial charge in [0.1, 0.15) is 0 Å². The van der Waals surface area contributed by atoms with E-state index < -0.39 is 5.41 Å². The van der Waals surface area contributed by atoms with Gasteiger partial charge in [0, 0.05) is 34.1 Å². The maximum Gasteiger partial charge on any atom is 0.252 e. The maximum absolute atomic E-state index is 2.59. The van der Waals surface area contributed by atoms with Crippen molar-refractivity contribution in [3.63, 3.8) is 0 Å². The third kappa shape index (κ3) is 6.17. The molecule has 3 heteroatoms. The van der Waals surface area contributed by atoms with Gasteiger partial charge in [0.15, 0.2) is 0 Å². The number of fused-ring (bicyclic) bond motifs is 14. The van der Waals surface area contributed by atoms with Crippen molar-refractivity contribution in [1.82, 2.24) is 0 Å². The lowest BCUT2D eigenvalue weighted by molar-refractivity contribution is 0.794. The second-order valence-electron chi connectivity index (χ2n) is 20.7. The Morgan fingerprint density at radius 2 is 0.645 bits per heavy atom. The van der Waals surface area contributed by atoms with Crippen LogP contribution < -0.4 is 26.2 Å². The Morgan fingerprint density at radius 1 is 0.237 bits per heavy atom. The SMILES string of the molecule is c1ccc(-c2cc(-c3ccccc3)cc(N3c4cc(-c5ccccc5)ccc4B4c5ccccc5N(c5ccc6c(c5)-c5ccccc5C65c6ccccc6-c6ccccc65)c5cc(-c6ccccc6)cc3c54)c2)cc1. The molecule has 0 radical (unpaired) electrons. The molecule has 0 atom stereocenters. The van der Waals surface area contributed by atoms with Gasteiger partial charge in [-0.2, -0.15) is 0 Å². The molecular formula is C73H47BN2. The number of hydrogen-bond donors (Lipinski definition) is 0. The van der Waals surface area contributed by atoms with Crippen LogP contribution in [0.3, 0.4) is 0 Å². The Kier molecular flexibility index (Phi) is 9.38. The van der Waals surface area contributed by atoms with Crippen LogP contribution in [-0.2, 0) is 5.41 Å². The van der Waals surface area contributed by atoms with E-state index >= 15 is 0 Å². The molecule has 76 heavy (non-hydrogen) atoms. The summed E-state index contributed by atoms with van der Waals surface area (Å²) in [4.78, 5) is 5.17. The third-order valence-electron chi connectivity index (χ3n) is 16.8. The lowest BCUT2D eigenvalue weighted by Crippen LogP contribution is -2.61. The van der Waals surface area contributed by atoms with Crippen LogP contribution in [0.5, 0.6) is 0 Å². The highest BCUT2D eigenvalue weighted by molar-refractivity contribution is 7.00. The van der Waals surface area contributed by atoms with Crippen molar-refractivity contribution in [3.05, 3.63) is 307 Å². The Bertz CT molecular complexity index is 4200. The van der Waals surface area contributed by atoms with Crippen molar-refractivity contribution in [2.24, 2.45) is 0 Å². The summed E-state index contributed by atoms with van der Waals surface area (Å²) in [7, 11) is 0. The third-order valence-corrected chi connectivity index (χ3v) is 16.8. The minimum absolute atomic E-state index is 0.0471. The van der Waals surface area contributed by atoms with E-state index in [1.54, 1.807) is 0 Å². The predicted octanol–water partition coefficient (Wildman–Crippen LogP) is 16.8. The fourth-order valence-electron chi connectivity index (χ4n) is 13.7. The first-order chi connectivity index (χ1) is 37.7. The lowest BCUT2D eigenvalue weighted by Gasteiger charge is -2.44. The van der Waals surface area contributed by atoms with Gasteiger partial charge in [0.05, 0.1) is 5.41 Å². The van der Waals surface area contributed by atoms with E-state index in [2.05, 4.69) is 295 Å². The van der Waals surface area contributed by atoms with Crippen molar-refractivity contribution in [2.45, 2.75) is 5.41 Å². The molecule has 2 aliphatic heterocycles. The molecule has 0 bridgehead atoms. The molecule has 0 fully saturated rings. The lowest BCUT2D eigenvalue weighted by atomic mass is 9.33. The predicted molar refractivity (Wildman–Crippen MR) is 319 cm³/mol. The summed E-state index contributed by atoms with van der Waals surface area (Å²) in [6.45, 7) is -0.0471. The second-order valence-corrected chi connectivity index (χ2v) is 20.7. The quantitative estimate of drug-likeness (QED) is 0.153. The second kappa shape index (κ2) is 16.7. The van der Waals surface area contributed by atoms with Gasteiger partial charge in [-0.25, -0.2) is 0 Å². The van der Waals surface area contributed by atoms with Gasteiger partial charge in [-0.1, -0.05) is 231 Å². The Morgan fingerprint density at radius 3 is 1.20 bits per heavy atom. The van der Waals surface area contributed by atoms with Gasteiger partial charge in [0.25, 0.3) is 6.71 Å². The molecule has 0 N–H and O–H groups in total. The molecule has 352 valence electrons. The van der Waals surface area contributed by atoms with Crippen molar-refractivity contribution in [3.8, 4) is 66.8 Å². The van der Waals surface area contributed by atoms with Crippen molar-refractivity contribution < 1.29 is 0 Å². The molecule has 16 rings (SSSR count). The largest absolute Gasteiger partial charge is 0.311 e. The summed E-state index contributed by atoms with van der Waals surface area (Å²) in [5.41, 5.74) is 30.4. The zero-order valence-corrected chi connectivity index (χ0v) is 41.6. The van der Waals surface area contributed by atoms with Gasteiger partial charge in [-0.3, -0.25) is 0 Å². The number of benzene rings is 12. The normalized spacial score (nSPS) is 13.6. The zero-order chi connectivity index (χ0) is 49.9. The van der Waals surface area contributed by atoms with Crippen molar-refractivity contribution >= 4 is 57.2 Å². The first-order valence-corrected chi connectivity index (χ1v) is 26.5. The molecule has 12 aromatic carbocycles. The summed E-state index contributed by atoms with van der Waals surface area (Å²) in [6, 6.07) is 107. The Hall–Kier alpha value is -9.70. The molecule has 0 unspecified atom stereocenters. The van der Waals surface area contributed by atoms with Crippen LogP contribution in [0.2, 0.25) is 0 Å². The first-order valence-electron chi connectivity index (χ1n) is 26.5. The number of nitrogens with zero attached hydrogens (tertiary/aromatic N) is 2. The summed E-state index contributed by atoms with van der Waals surface area (Å²) in [5.74, 6) is 0. The first kappa shape index (κ1) is 42.8. The molecule has 0 aromatic heterocycles. The highest BCUT2D eigenvalue weighted by Crippen LogP contribution is 2.63. The van der Waals surface area contributed by atoms with Gasteiger partial charge in [-0.15, -0.1) is 0 Å². The molecule has 2 nitrogen and oxygen atoms in total. The van der Waals surface area contributed by atoms with E-state index in [-0.39, 0.29) is 6.71 Å².